The molecule has 0 unspecified atom stereocenters. The van der Waals surface area contributed by atoms with Gasteiger partial charge in [-0.25, -0.2) is 0 Å². The van der Waals surface area contributed by atoms with E-state index in [4.69, 9.17) is 0 Å². The summed E-state index contributed by atoms with van der Waals surface area (Å²) in [6.45, 7) is 0. The molecule has 0 N–H and O–H groups in total. The van der Waals surface area contributed by atoms with Gasteiger partial charge in [0, 0.05) is 0 Å². The van der Waals surface area contributed by atoms with Crippen molar-refractivity contribution < 1.29 is 7.26 Å². The molecule has 0 radical (unpaired) electrons. The van der Waals surface area contributed by atoms with Crippen molar-refractivity contribution in [2.75, 3.05) is 0 Å². The van der Waals surface area contributed by atoms with E-state index in [1.54, 1.807) is 42.5 Å². The van der Waals surface area contributed by atoms with Crippen LogP contribution in [0.25, 0.3) is 0 Å². The summed E-state index contributed by atoms with van der Waals surface area (Å²) in [6.07, 6.45) is 0. The first kappa shape index (κ1) is 14.3. The maximum absolute atomic E-state index is 16.2. The molecule has 0 aliphatic carbocycles. The minimum atomic E-state index is -4.71. The van der Waals surface area contributed by atoms with Crippen LogP contribution in [0, 0.1) is 5.82 Å². The Bertz CT molecular complexity index is 687. The Morgan fingerprint density at radius 2 is 1.00 bits per heavy atom. The fourth-order valence-corrected chi connectivity index (χ4v) is 11.1. The first-order chi connectivity index (χ1) is 10.2. The summed E-state index contributed by atoms with van der Waals surface area (Å²) in [7, 11) is 0. The Morgan fingerprint density at radius 1 is 0.571 bits per heavy atom. The van der Waals surface area contributed by atoms with Crippen molar-refractivity contribution in [3.05, 3.63) is 90.7 Å². The van der Waals surface area contributed by atoms with Crippen LogP contribution in [0.5, 0.6) is 0 Å². The number of rotatable bonds is 3. The van der Waals surface area contributed by atoms with E-state index in [1.807, 2.05) is 36.4 Å². The average molecular weight is 387 g/mol. The summed E-state index contributed by atoms with van der Waals surface area (Å²) in [4.78, 5) is 0. The summed E-state index contributed by atoms with van der Waals surface area (Å²) >= 11 is -4.71. The Kier molecular flexibility index (Phi) is 4.06. The predicted octanol–water partition coefficient (Wildman–Crippen LogP) is 2.76. The summed E-state index contributed by atoms with van der Waals surface area (Å²) in [6, 6.07) is 24.3. The van der Waals surface area contributed by atoms with Crippen LogP contribution in [0.15, 0.2) is 84.9 Å². The van der Waals surface area contributed by atoms with E-state index >= 15 is 2.87 Å². The molecule has 0 saturated carbocycles. The van der Waals surface area contributed by atoms with Crippen molar-refractivity contribution in [2.45, 2.75) is 0 Å². The zero-order valence-corrected chi connectivity index (χ0v) is 14.2. The van der Waals surface area contributed by atoms with Crippen molar-refractivity contribution in [3.8, 4) is 0 Å². The van der Waals surface area contributed by atoms with Gasteiger partial charge < -0.3 is 0 Å². The van der Waals surface area contributed by atoms with Crippen LogP contribution in [0.1, 0.15) is 0 Å². The molecule has 3 heteroatoms. The summed E-state index contributed by atoms with van der Waals surface area (Å²) in [5.74, 6) is -0.455. The molecular weight excluding hydrogens is 373 g/mol. The third-order valence-corrected chi connectivity index (χ3v) is 13.3. The molecule has 0 aromatic heterocycles. The molecule has 0 aliphatic rings. The Balaban J connectivity index is 2.29. The molecule has 0 bridgehead atoms. The van der Waals surface area contributed by atoms with E-state index in [2.05, 4.69) is 0 Å². The second-order valence-corrected chi connectivity index (χ2v) is 13.5. The molecule has 3 rings (SSSR count). The van der Waals surface area contributed by atoms with Crippen LogP contribution in [-0.4, -0.2) is 18.9 Å². The van der Waals surface area contributed by atoms with Gasteiger partial charge in [0.25, 0.3) is 0 Å². The second-order valence-electron chi connectivity index (χ2n) is 4.87. The normalized spacial score (nSPS) is 11.3. The number of hydrogen-bond acceptors (Lipinski definition) is 0. The topological polar surface area (TPSA) is 0 Å². The number of benzene rings is 3. The van der Waals surface area contributed by atoms with Crippen LogP contribution in [0.3, 0.4) is 0 Å². The molecule has 3 aromatic carbocycles. The van der Waals surface area contributed by atoms with Crippen molar-refractivity contribution in [2.24, 2.45) is 0 Å². The van der Waals surface area contributed by atoms with Crippen molar-refractivity contribution >= 4 is 29.7 Å². The first-order valence-electron chi connectivity index (χ1n) is 6.78. The minimum absolute atomic E-state index is 0.240. The van der Waals surface area contributed by atoms with Crippen LogP contribution >= 0.6 is 0 Å². The van der Waals surface area contributed by atoms with E-state index in [1.165, 1.54) is 6.07 Å². The van der Waals surface area contributed by atoms with Crippen LogP contribution in [-0.2, 0) is 0 Å². The van der Waals surface area contributed by atoms with Gasteiger partial charge in [-0.15, -0.1) is 0 Å². The first-order valence-corrected chi connectivity index (χ1v) is 12.1. The third kappa shape index (κ3) is 2.60. The molecule has 0 atom stereocenters. The Hall–Kier alpha value is -1.68. The van der Waals surface area contributed by atoms with Gasteiger partial charge in [-0.3, -0.25) is 0 Å². The molecule has 21 heavy (non-hydrogen) atoms. The Morgan fingerprint density at radius 3 is 1.48 bits per heavy atom. The fraction of sp³-hybridized carbons (Fsp3) is 0. The van der Waals surface area contributed by atoms with Crippen LogP contribution in [0.2, 0.25) is 0 Å². The predicted molar refractivity (Wildman–Crippen MR) is 85.0 cm³/mol. The molecule has 104 valence electrons. The monoisotopic (exact) mass is 388 g/mol. The number of hydrogen-bond donors (Lipinski definition) is 0. The van der Waals surface area contributed by atoms with Crippen molar-refractivity contribution in [3.63, 3.8) is 0 Å². The quantitative estimate of drug-likeness (QED) is 0.607. The molecule has 0 nitrogen and oxygen atoms in total. The summed E-state index contributed by atoms with van der Waals surface area (Å²) < 4.78 is 32.0. The standard InChI is InChI=1S/C6H4F.2C6H5.FH.Sn/c7-6-4-2-1-3-5-6;2*1-2-4-6-5-3-1;;/h1-4H;2*1-5H;1H;/q;;;;+1/p-1. The number of halogens is 2. The zero-order chi connectivity index (χ0) is 14.7. The molecule has 0 amide bonds. The molecule has 3 aromatic rings. The van der Waals surface area contributed by atoms with Gasteiger partial charge in [0.1, 0.15) is 0 Å². The van der Waals surface area contributed by atoms with E-state index in [0.29, 0.717) is 7.16 Å². The molecule has 0 spiro atoms. The van der Waals surface area contributed by atoms with Gasteiger partial charge in [-0.05, 0) is 0 Å². The van der Waals surface area contributed by atoms with Gasteiger partial charge in [0.2, 0.25) is 0 Å². The van der Waals surface area contributed by atoms with Gasteiger partial charge in [-0.2, -0.15) is 0 Å². The molecule has 0 aliphatic heterocycles. The Labute approximate surface area is 127 Å². The molecule has 0 saturated heterocycles. The van der Waals surface area contributed by atoms with E-state index < -0.39 is 24.8 Å². The van der Waals surface area contributed by atoms with Gasteiger partial charge in [0.15, 0.2) is 0 Å². The maximum atomic E-state index is 16.2. The summed E-state index contributed by atoms with van der Waals surface area (Å²) in [5, 5.41) is 0. The van der Waals surface area contributed by atoms with Gasteiger partial charge in [-0.1, -0.05) is 0 Å². The van der Waals surface area contributed by atoms with Gasteiger partial charge >= 0.3 is 128 Å². The third-order valence-electron chi connectivity index (χ3n) is 3.59. The van der Waals surface area contributed by atoms with E-state index in [-0.39, 0.29) is 3.58 Å². The SMILES string of the molecule is Fc1cccc[c]1[Sn]([F])([c]1ccccc1)[c]1ccccc1. The fourth-order valence-electron chi connectivity index (χ4n) is 2.55. The van der Waals surface area contributed by atoms with E-state index in [9.17, 15) is 4.39 Å². The van der Waals surface area contributed by atoms with Crippen molar-refractivity contribution in [1.29, 1.82) is 0 Å². The van der Waals surface area contributed by atoms with Crippen molar-refractivity contribution in [1.82, 2.24) is 0 Å². The molecule has 0 fully saturated rings. The van der Waals surface area contributed by atoms with Crippen LogP contribution < -0.4 is 10.7 Å². The molecule has 0 heterocycles. The zero-order valence-electron chi connectivity index (χ0n) is 11.3. The van der Waals surface area contributed by atoms with E-state index in [0.717, 1.165) is 0 Å². The van der Waals surface area contributed by atoms with Gasteiger partial charge in [0.05, 0.1) is 0 Å². The average Bonchev–Trinajstić information content (AvgIpc) is 2.56. The second kappa shape index (κ2) is 5.98. The summed E-state index contributed by atoms with van der Waals surface area (Å²) in [5.41, 5.74) is 0. The van der Waals surface area contributed by atoms with Crippen LogP contribution in [0.4, 0.5) is 7.26 Å². The molecular formula is C18H14F2Sn.